The number of aliphatic imine (C=N–C) groups is 2. The number of aromatic nitrogens is 3. The Labute approximate surface area is 371 Å². The van der Waals surface area contributed by atoms with E-state index in [0.717, 1.165) is 61.7 Å². The molecular weight excluding hydrogens is 871 g/mol. The summed E-state index contributed by atoms with van der Waals surface area (Å²) in [6, 6.07) is 10.5. The molecule has 6 heterocycles. The fraction of sp³-hybridized carbons (Fsp3) is 0.333. The smallest absolute Gasteiger partial charge is 0.307 e. The van der Waals surface area contributed by atoms with E-state index in [0.29, 0.717) is 79.7 Å². The lowest BCUT2D eigenvalue weighted by molar-refractivity contribution is -0.417. The van der Waals surface area contributed by atoms with Gasteiger partial charge in [-0.05, 0) is 60.6 Å². The molecule has 0 atom stereocenters. The maximum absolute atomic E-state index is 12.0. The topological polar surface area (TPSA) is 249 Å². The molecule has 0 bridgehead atoms. The standard InChI is InChI=1S/C25H26Cl2N8O4.C11H13ClN4O2.C3H3O2/c26-22-8-6-18(14-30-22)16-32-12-2-10-28-24(32)20(34(36)37)4-1-5-21(35(38)39)25-29-11-3-13-33(25)17-19-7-9-23(27)31-15-19;12-10-3-2-9(6-14-10)7-15-5-1-4-13-11(15)8-16(17)18;4-2-1-3-5/h4-9,14-15H,1-3,10-13,16-17H2;2-3,6,8,13H,1,4-5,7H2;1-3H/q;;+1/b20-4+,21-5+;11-8+;. The molecule has 326 valence electrons. The Balaban J connectivity index is 0.000000303. The number of hydrogen-bond donors (Lipinski definition) is 1. The number of aldehydes is 2. The predicted octanol–water partition coefficient (Wildman–Crippen LogP) is 5.60. The number of amidine groups is 2. The van der Waals surface area contributed by atoms with Crippen molar-refractivity contribution in [2.75, 3.05) is 39.3 Å². The zero-order chi connectivity index (χ0) is 44.9. The van der Waals surface area contributed by atoms with Crippen LogP contribution >= 0.6 is 34.8 Å². The highest BCUT2D eigenvalue weighted by Gasteiger charge is 2.30. The molecule has 0 unspecified atom stereocenters. The van der Waals surface area contributed by atoms with Crippen LogP contribution in [0.5, 0.6) is 0 Å². The number of pyridine rings is 3. The molecular formula is C39H42Cl3N12O8+. The van der Waals surface area contributed by atoms with Gasteiger partial charge in [0.15, 0.2) is 5.82 Å². The van der Waals surface area contributed by atoms with Gasteiger partial charge in [0.2, 0.25) is 18.1 Å². The van der Waals surface area contributed by atoms with Crippen molar-refractivity contribution in [1.82, 2.24) is 35.0 Å². The van der Waals surface area contributed by atoms with Crippen LogP contribution in [0, 0.1) is 36.8 Å². The van der Waals surface area contributed by atoms with Crippen molar-refractivity contribution in [3.63, 3.8) is 0 Å². The van der Waals surface area contributed by atoms with E-state index in [2.05, 4.69) is 30.3 Å². The van der Waals surface area contributed by atoms with Crippen molar-refractivity contribution in [2.45, 2.75) is 45.3 Å². The van der Waals surface area contributed by atoms with E-state index in [4.69, 9.17) is 44.4 Å². The first-order valence-electron chi connectivity index (χ1n) is 19.0. The van der Waals surface area contributed by atoms with Gasteiger partial charge in [0, 0.05) is 89.6 Å². The number of hydrogen-bond acceptors (Lipinski definition) is 17. The second-order valence-electron chi connectivity index (χ2n) is 13.3. The third-order valence-corrected chi connectivity index (χ3v) is 9.56. The summed E-state index contributed by atoms with van der Waals surface area (Å²) in [6.45, 7) is 4.93. The number of halogens is 3. The monoisotopic (exact) mass is 911 g/mol. The average Bonchev–Trinajstić information content (AvgIpc) is 3.25. The van der Waals surface area contributed by atoms with Gasteiger partial charge >= 0.3 is 24.0 Å². The van der Waals surface area contributed by atoms with Gasteiger partial charge < -0.3 is 20.0 Å². The van der Waals surface area contributed by atoms with Gasteiger partial charge in [-0.2, -0.15) is 0 Å². The Hall–Kier alpha value is -6.51. The fourth-order valence-electron chi connectivity index (χ4n) is 6.18. The molecule has 0 aliphatic carbocycles. The summed E-state index contributed by atoms with van der Waals surface area (Å²) in [4.78, 5) is 77.9. The van der Waals surface area contributed by atoms with Crippen LogP contribution in [0.3, 0.4) is 0 Å². The number of allylic oxidation sites excluding steroid dienone is 2. The first-order chi connectivity index (χ1) is 29.9. The molecule has 6 rings (SSSR count). The maximum atomic E-state index is 12.0. The molecule has 3 aliphatic heterocycles. The molecule has 1 N–H and O–H groups in total. The Morgan fingerprint density at radius 1 is 0.661 bits per heavy atom. The number of carbonyl (C=O) groups excluding carboxylic acids is 2. The highest BCUT2D eigenvalue weighted by atomic mass is 35.5. The number of nitro groups is 3. The van der Waals surface area contributed by atoms with Gasteiger partial charge in [-0.15, -0.1) is 0 Å². The molecule has 0 radical (unpaired) electrons. The molecule has 23 heteroatoms. The van der Waals surface area contributed by atoms with Gasteiger partial charge in [0.05, 0.1) is 14.8 Å². The normalized spacial score (nSPS) is 16.0. The lowest BCUT2D eigenvalue weighted by Gasteiger charge is -2.30. The summed E-state index contributed by atoms with van der Waals surface area (Å²) in [6.07, 6.45) is 12.8. The van der Waals surface area contributed by atoms with Gasteiger partial charge in [-0.3, -0.25) is 40.3 Å². The van der Waals surface area contributed by atoms with Gasteiger partial charge in [-0.25, -0.2) is 24.5 Å². The average molecular weight is 913 g/mol. The molecule has 0 spiro atoms. The van der Waals surface area contributed by atoms with Gasteiger partial charge in [-0.1, -0.05) is 53.0 Å². The summed E-state index contributed by atoms with van der Waals surface area (Å²) in [5.41, 5.74) is 2.23. The summed E-state index contributed by atoms with van der Waals surface area (Å²) < 4.78 is 0. The fourth-order valence-corrected chi connectivity index (χ4v) is 6.51. The first kappa shape index (κ1) is 48.2. The van der Waals surface area contributed by atoms with E-state index in [1.165, 1.54) is 12.2 Å². The number of rotatable bonds is 15. The SMILES string of the molecule is O=C[CH+]C=O.O=[N+]([O-])/C(=C/C/C=C(\C1=NCCCN1Cc1ccc(Cl)nc1)[N+](=O)[O-])C1=NCCCN1Cc1ccc(Cl)nc1.O=[N+]([O-])/C=C1\NCCCN1Cc1ccc(Cl)nc1. The molecule has 3 aromatic heterocycles. The van der Waals surface area contributed by atoms with Gasteiger partial charge in [0.25, 0.3) is 6.20 Å². The van der Waals surface area contributed by atoms with Gasteiger partial charge in [0.1, 0.15) is 15.5 Å². The molecule has 0 aromatic carbocycles. The van der Waals surface area contributed by atoms with E-state index < -0.39 is 14.8 Å². The lowest BCUT2D eigenvalue weighted by atomic mass is 10.1. The van der Waals surface area contributed by atoms with E-state index in [1.54, 1.807) is 48.9 Å². The third kappa shape index (κ3) is 15.8. The zero-order valence-electron chi connectivity index (χ0n) is 33.2. The molecule has 3 aromatic rings. The third-order valence-electron chi connectivity index (χ3n) is 8.89. The number of nitrogens with one attached hydrogen (secondary N) is 1. The number of nitrogens with zero attached hydrogens (tertiary/aromatic N) is 11. The predicted molar refractivity (Wildman–Crippen MR) is 232 cm³/mol. The summed E-state index contributed by atoms with van der Waals surface area (Å²) in [5, 5.41) is 38.8. The van der Waals surface area contributed by atoms with Crippen LogP contribution < -0.4 is 5.32 Å². The van der Waals surface area contributed by atoms with Crippen molar-refractivity contribution in [2.24, 2.45) is 9.98 Å². The minimum absolute atomic E-state index is 0.0443. The largest absolute Gasteiger partial charge is 0.367 e. The van der Waals surface area contributed by atoms with E-state index in [1.807, 2.05) is 20.8 Å². The van der Waals surface area contributed by atoms with Crippen LogP contribution in [0.2, 0.25) is 15.5 Å². The molecule has 1 saturated heterocycles. The molecule has 20 nitrogen and oxygen atoms in total. The van der Waals surface area contributed by atoms with Crippen molar-refractivity contribution < 1.29 is 24.4 Å². The lowest BCUT2D eigenvalue weighted by Crippen LogP contribution is -2.39. The molecule has 0 amide bonds. The van der Waals surface area contributed by atoms with Crippen molar-refractivity contribution in [3.8, 4) is 0 Å². The van der Waals surface area contributed by atoms with Crippen LogP contribution in [0.15, 0.2) is 101 Å². The minimum atomic E-state index is -0.505. The quantitative estimate of drug-likeness (QED) is 0.0487. The Morgan fingerprint density at radius 2 is 1.08 bits per heavy atom. The first-order valence-corrected chi connectivity index (χ1v) is 20.2. The van der Waals surface area contributed by atoms with Crippen LogP contribution in [0.25, 0.3) is 0 Å². The Morgan fingerprint density at radius 3 is 1.44 bits per heavy atom. The van der Waals surface area contributed by atoms with Crippen molar-refractivity contribution >= 4 is 59.0 Å². The van der Waals surface area contributed by atoms with Crippen LogP contribution in [-0.2, 0) is 29.2 Å². The second-order valence-corrected chi connectivity index (χ2v) is 14.5. The van der Waals surface area contributed by atoms with Crippen molar-refractivity contribution in [1.29, 1.82) is 0 Å². The maximum Gasteiger partial charge on any atom is 0.307 e. The van der Waals surface area contributed by atoms with Crippen LogP contribution in [-0.4, -0.2) is 108 Å². The van der Waals surface area contributed by atoms with E-state index in [-0.39, 0.29) is 29.5 Å². The highest BCUT2D eigenvalue weighted by molar-refractivity contribution is 6.29. The minimum Gasteiger partial charge on any atom is -0.367 e. The van der Waals surface area contributed by atoms with E-state index in [9.17, 15) is 30.3 Å². The van der Waals surface area contributed by atoms with Crippen molar-refractivity contribution in [3.05, 3.63) is 159 Å². The molecule has 3 aliphatic rings. The zero-order valence-corrected chi connectivity index (χ0v) is 35.4. The molecule has 1 fully saturated rings. The number of carbonyl (C=O) groups is 2. The summed E-state index contributed by atoms with van der Waals surface area (Å²) in [7, 11) is 0. The second kappa shape index (κ2) is 25.3. The molecule has 62 heavy (non-hydrogen) atoms. The van der Waals surface area contributed by atoms with Crippen LogP contribution in [0.4, 0.5) is 0 Å². The van der Waals surface area contributed by atoms with Crippen LogP contribution in [0.1, 0.15) is 42.4 Å². The Kier molecular flexibility index (Phi) is 19.7. The highest BCUT2D eigenvalue weighted by Crippen LogP contribution is 2.20. The Bertz CT molecular complexity index is 2060. The summed E-state index contributed by atoms with van der Waals surface area (Å²) in [5.74, 6) is 1.02. The molecule has 0 saturated carbocycles. The van der Waals surface area contributed by atoms with E-state index >= 15 is 0 Å². The summed E-state index contributed by atoms with van der Waals surface area (Å²) >= 11 is 17.5.